The first-order chi connectivity index (χ1) is 16.6. The van der Waals surface area contributed by atoms with Crippen LogP contribution in [0.3, 0.4) is 0 Å². The molecule has 3 heterocycles. The van der Waals surface area contributed by atoms with Crippen molar-refractivity contribution in [1.29, 1.82) is 0 Å². The van der Waals surface area contributed by atoms with E-state index in [1.165, 1.54) is 0 Å². The predicted octanol–water partition coefficient (Wildman–Crippen LogP) is 5.88. The minimum Gasteiger partial charge on any atom is -0.494 e. The van der Waals surface area contributed by atoms with Crippen LogP contribution in [0.1, 0.15) is 45.9 Å². The summed E-state index contributed by atoms with van der Waals surface area (Å²) in [7, 11) is 0. The standard InChI is InChI=1S/C27H28N4O3/c1-4-9-23-29-26-25(27-28-20-11-7-8-12-21(20)31(23)27)22(34-24(32)10-5-2)17-30(26)18-13-15-19(16-14-18)33-6-3/h7-8,11-17H,4-6,9-10H2,1-3H3. The second-order valence-corrected chi connectivity index (χ2v) is 8.25. The molecule has 7 heteroatoms. The van der Waals surface area contributed by atoms with E-state index in [2.05, 4.69) is 11.3 Å². The van der Waals surface area contributed by atoms with E-state index in [-0.39, 0.29) is 5.97 Å². The Bertz CT molecular complexity index is 1480. The summed E-state index contributed by atoms with van der Waals surface area (Å²) in [6, 6.07) is 15.9. The summed E-state index contributed by atoms with van der Waals surface area (Å²) in [5.74, 6) is 1.94. The van der Waals surface area contributed by atoms with Gasteiger partial charge in [-0.15, -0.1) is 0 Å². The molecule has 0 bridgehead atoms. The van der Waals surface area contributed by atoms with Crippen LogP contribution in [-0.2, 0) is 11.2 Å². The van der Waals surface area contributed by atoms with Crippen LogP contribution < -0.4 is 9.47 Å². The highest BCUT2D eigenvalue weighted by molar-refractivity contribution is 6.01. The van der Waals surface area contributed by atoms with Crippen LogP contribution in [0.25, 0.3) is 33.4 Å². The van der Waals surface area contributed by atoms with Crippen molar-refractivity contribution in [3.05, 3.63) is 60.6 Å². The Labute approximate surface area is 198 Å². The van der Waals surface area contributed by atoms with E-state index in [0.717, 1.165) is 64.2 Å². The second-order valence-electron chi connectivity index (χ2n) is 8.25. The quantitative estimate of drug-likeness (QED) is 0.273. The van der Waals surface area contributed by atoms with E-state index in [4.69, 9.17) is 19.4 Å². The van der Waals surface area contributed by atoms with Crippen molar-refractivity contribution in [3.8, 4) is 17.2 Å². The third kappa shape index (κ3) is 3.77. The minimum absolute atomic E-state index is 0.264. The molecule has 0 atom stereocenters. The van der Waals surface area contributed by atoms with Gasteiger partial charge in [0.15, 0.2) is 17.0 Å². The Morgan fingerprint density at radius 2 is 1.74 bits per heavy atom. The molecule has 0 fully saturated rings. The fourth-order valence-electron chi connectivity index (χ4n) is 4.33. The van der Waals surface area contributed by atoms with Gasteiger partial charge in [0.05, 0.1) is 23.8 Å². The molecule has 0 aliphatic carbocycles. The lowest BCUT2D eigenvalue weighted by molar-refractivity contribution is -0.134. The summed E-state index contributed by atoms with van der Waals surface area (Å²) < 4.78 is 15.5. The van der Waals surface area contributed by atoms with Gasteiger partial charge in [-0.2, -0.15) is 0 Å². The monoisotopic (exact) mass is 456 g/mol. The van der Waals surface area contributed by atoms with E-state index >= 15 is 0 Å². The minimum atomic E-state index is -0.264. The molecule has 0 aliphatic rings. The van der Waals surface area contributed by atoms with Gasteiger partial charge in [0.2, 0.25) is 0 Å². The van der Waals surface area contributed by atoms with Crippen LogP contribution in [-0.4, -0.2) is 31.5 Å². The van der Waals surface area contributed by atoms with E-state index in [9.17, 15) is 4.79 Å². The number of rotatable bonds is 8. The molecule has 7 nitrogen and oxygen atoms in total. The number of nitrogens with zero attached hydrogens (tertiary/aromatic N) is 4. The number of carbonyl (C=O) groups is 1. The van der Waals surface area contributed by atoms with Crippen LogP contribution >= 0.6 is 0 Å². The third-order valence-corrected chi connectivity index (χ3v) is 5.80. The smallest absolute Gasteiger partial charge is 0.311 e. The van der Waals surface area contributed by atoms with Gasteiger partial charge in [-0.05, 0) is 56.2 Å². The number of fused-ring (bicyclic) bond motifs is 5. The van der Waals surface area contributed by atoms with Gasteiger partial charge in [-0.1, -0.05) is 26.0 Å². The summed E-state index contributed by atoms with van der Waals surface area (Å²) in [5, 5.41) is 0.731. The maximum absolute atomic E-state index is 12.5. The zero-order valence-corrected chi connectivity index (χ0v) is 19.7. The van der Waals surface area contributed by atoms with Gasteiger partial charge in [0.1, 0.15) is 17.0 Å². The van der Waals surface area contributed by atoms with Crippen LogP contribution in [0.5, 0.6) is 11.5 Å². The molecular formula is C27H28N4O3. The van der Waals surface area contributed by atoms with E-state index in [0.29, 0.717) is 18.8 Å². The maximum atomic E-state index is 12.5. The molecule has 5 rings (SSSR count). The topological polar surface area (TPSA) is 70.7 Å². The molecule has 0 unspecified atom stereocenters. The fraction of sp³-hybridized carbons (Fsp3) is 0.296. The highest BCUT2D eigenvalue weighted by Crippen LogP contribution is 2.35. The number of aromatic nitrogens is 4. The van der Waals surface area contributed by atoms with Crippen molar-refractivity contribution in [2.45, 2.75) is 46.5 Å². The Hall–Kier alpha value is -3.87. The molecule has 174 valence electrons. The summed E-state index contributed by atoms with van der Waals surface area (Å²) in [6.07, 6.45) is 4.66. The molecule has 0 saturated heterocycles. The summed E-state index contributed by atoms with van der Waals surface area (Å²) in [4.78, 5) is 22.5. The van der Waals surface area contributed by atoms with Gasteiger partial charge < -0.3 is 9.47 Å². The molecule has 0 radical (unpaired) electrons. The number of hydrogen-bond acceptors (Lipinski definition) is 5. The van der Waals surface area contributed by atoms with Crippen molar-refractivity contribution >= 4 is 33.7 Å². The van der Waals surface area contributed by atoms with Gasteiger partial charge >= 0.3 is 5.97 Å². The number of para-hydroxylation sites is 2. The summed E-state index contributed by atoms with van der Waals surface area (Å²) >= 11 is 0. The van der Waals surface area contributed by atoms with Crippen LogP contribution in [0.15, 0.2) is 54.7 Å². The first kappa shape index (κ1) is 21.9. The molecule has 0 spiro atoms. The first-order valence-electron chi connectivity index (χ1n) is 11.9. The van der Waals surface area contributed by atoms with Crippen molar-refractivity contribution in [3.63, 3.8) is 0 Å². The SMILES string of the molecule is CCCC(=O)Oc1cn(-c2ccc(OCC)cc2)c2nc(CCC)n3c4ccccc4nc3c12. The zero-order chi connectivity index (χ0) is 23.7. The average molecular weight is 457 g/mol. The second kappa shape index (κ2) is 9.17. The van der Waals surface area contributed by atoms with Gasteiger partial charge in [0, 0.05) is 18.5 Å². The fourth-order valence-corrected chi connectivity index (χ4v) is 4.33. The molecule has 0 aliphatic heterocycles. The molecule has 2 aromatic carbocycles. The van der Waals surface area contributed by atoms with Crippen molar-refractivity contribution < 1.29 is 14.3 Å². The number of ether oxygens (including phenoxy) is 2. The van der Waals surface area contributed by atoms with E-state index < -0.39 is 0 Å². The molecule has 34 heavy (non-hydrogen) atoms. The number of esters is 1. The molecule has 0 amide bonds. The van der Waals surface area contributed by atoms with Crippen molar-refractivity contribution in [2.75, 3.05) is 6.61 Å². The van der Waals surface area contributed by atoms with Crippen LogP contribution in [0.4, 0.5) is 0 Å². The lowest BCUT2D eigenvalue weighted by atomic mass is 10.2. The zero-order valence-electron chi connectivity index (χ0n) is 19.7. The van der Waals surface area contributed by atoms with E-state index in [1.807, 2.05) is 73.1 Å². The summed E-state index contributed by atoms with van der Waals surface area (Å²) in [5.41, 5.74) is 4.25. The number of benzene rings is 2. The van der Waals surface area contributed by atoms with Gasteiger partial charge in [-0.3, -0.25) is 13.8 Å². The third-order valence-electron chi connectivity index (χ3n) is 5.80. The molecule has 3 aromatic heterocycles. The lowest BCUT2D eigenvalue weighted by Crippen LogP contribution is -2.07. The Morgan fingerprint density at radius 1 is 0.941 bits per heavy atom. The van der Waals surface area contributed by atoms with Crippen molar-refractivity contribution in [1.82, 2.24) is 18.9 Å². The first-order valence-corrected chi connectivity index (χ1v) is 11.9. The Morgan fingerprint density at radius 3 is 2.47 bits per heavy atom. The lowest BCUT2D eigenvalue weighted by Gasteiger charge is -2.10. The Balaban J connectivity index is 1.81. The molecular weight excluding hydrogens is 428 g/mol. The molecule has 5 aromatic rings. The van der Waals surface area contributed by atoms with Crippen LogP contribution in [0.2, 0.25) is 0 Å². The predicted molar refractivity (Wildman–Crippen MR) is 133 cm³/mol. The van der Waals surface area contributed by atoms with Gasteiger partial charge in [0.25, 0.3) is 0 Å². The maximum Gasteiger partial charge on any atom is 0.311 e. The van der Waals surface area contributed by atoms with Crippen molar-refractivity contribution in [2.24, 2.45) is 0 Å². The number of hydrogen-bond donors (Lipinski definition) is 0. The summed E-state index contributed by atoms with van der Waals surface area (Å²) in [6.45, 7) is 6.67. The highest BCUT2D eigenvalue weighted by atomic mass is 16.5. The Kier molecular flexibility index (Phi) is 5.92. The van der Waals surface area contributed by atoms with Gasteiger partial charge in [-0.25, -0.2) is 9.97 Å². The van der Waals surface area contributed by atoms with E-state index in [1.54, 1.807) is 0 Å². The average Bonchev–Trinajstić information content (AvgIpc) is 3.39. The molecule has 0 N–H and O–H groups in total. The number of carbonyl (C=O) groups excluding carboxylic acids is 1. The highest BCUT2D eigenvalue weighted by Gasteiger charge is 2.22. The largest absolute Gasteiger partial charge is 0.494 e. The molecule has 0 saturated carbocycles. The number of imidazole rings is 1. The number of aryl methyl sites for hydroxylation is 1. The normalized spacial score (nSPS) is 11.5. The van der Waals surface area contributed by atoms with Crippen LogP contribution in [0, 0.1) is 0 Å².